The summed E-state index contributed by atoms with van der Waals surface area (Å²) in [6.07, 6.45) is 2.43. The lowest BCUT2D eigenvalue weighted by Crippen LogP contribution is -2.32. The van der Waals surface area contributed by atoms with Crippen LogP contribution >= 0.6 is 0 Å². The van der Waals surface area contributed by atoms with Crippen molar-refractivity contribution in [3.8, 4) is 0 Å². The summed E-state index contributed by atoms with van der Waals surface area (Å²) in [4.78, 5) is 20.5. The first-order valence-corrected chi connectivity index (χ1v) is 3.46. The topological polar surface area (TPSA) is 80.4 Å². The third-order valence-electron chi connectivity index (χ3n) is 1.39. The SMILES string of the molecule is C=CCCC(=C=O)C(N)C(=O)O. The van der Waals surface area contributed by atoms with E-state index in [2.05, 4.69) is 6.58 Å². The van der Waals surface area contributed by atoms with Gasteiger partial charge in [-0.25, -0.2) is 4.79 Å². The van der Waals surface area contributed by atoms with Gasteiger partial charge in [0.15, 0.2) is 0 Å². The summed E-state index contributed by atoms with van der Waals surface area (Å²) < 4.78 is 0. The Morgan fingerprint density at radius 1 is 1.75 bits per heavy atom. The number of carboxylic acids is 1. The molecule has 1 unspecified atom stereocenters. The van der Waals surface area contributed by atoms with Crippen LogP contribution < -0.4 is 5.73 Å². The van der Waals surface area contributed by atoms with E-state index in [0.717, 1.165) is 0 Å². The van der Waals surface area contributed by atoms with Crippen molar-refractivity contribution in [2.24, 2.45) is 5.73 Å². The monoisotopic (exact) mass is 169 g/mol. The fourth-order valence-corrected chi connectivity index (χ4v) is 0.677. The molecule has 4 heteroatoms. The van der Waals surface area contributed by atoms with Crippen LogP contribution in [-0.2, 0) is 9.59 Å². The highest BCUT2D eigenvalue weighted by Gasteiger charge is 2.17. The zero-order chi connectivity index (χ0) is 9.56. The van der Waals surface area contributed by atoms with Crippen LogP contribution in [0, 0.1) is 0 Å². The Labute approximate surface area is 70.4 Å². The average molecular weight is 169 g/mol. The number of nitrogens with two attached hydrogens (primary N) is 1. The highest BCUT2D eigenvalue weighted by Crippen LogP contribution is 2.05. The lowest BCUT2D eigenvalue weighted by Gasteiger charge is -2.05. The van der Waals surface area contributed by atoms with Gasteiger partial charge in [0, 0.05) is 5.57 Å². The van der Waals surface area contributed by atoms with Gasteiger partial charge in [-0.2, -0.15) is 0 Å². The first kappa shape index (κ1) is 10.6. The molecule has 4 nitrogen and oxygen atoms in total. The second kappa shape index (κ2) is 5.29. The molecule has 12 heavy (non-hydrogen) atoms. The number of carbonyl (C=O) groups is 1. The molecule has 0 amide bonds. The molecule has 0 rings (SSSR count). The number of hydrogen-bond donors (Lipinski definition) is 2. The predicted molar refractivity (Wildman–Crippen MR) is 44.2 cm³/mol. The molecular formula is C8H11NO3. The van der Waals surface area contributed by atoms with Crippen LogP contribution in [0.5, 0.6) is 0 Å². The van der Waals surface area contributed by atoms with Crippen LogP contribution in [0.15, 0.2) is 18.2 Å². The van der Waals surface area contributed by atoms with Crippen molar-refractivity contribution < 1.29 is 14.7 Å². The van der Waals surface area contributed by atoms with E-state index in [1.807, 2.05) is 0 Å². The maximum absolute atomic E-state index is 10.3. The lowest BCUT2D eigenvalue weighted by atomic mass is 10.0. The lowest BCUT2D eigenvalue weighted by molar-refractivity contribution is -0.137. The van der Waals surface area contributed by atoms with Gasteiger partial charge in [-0.05, 0) is 12.8 Å². The molecule has 0 aliphatic heterocycles. The number of allylic oxidation sites excluding steroid dienone is 1. The highest BCUT2D eigenvalue weighted by atomic mass is 16.4. The van der Waals surface area contributed by atoms with Crippen molar-refractivity contribution in [3.05, 3.63) is 18.2 Å². The molecule has 0 aromatic heterocycles. The van der Waals surface area contributed by atoms with E-state index in [4.69, 9.17) is 10.8 Å². The van der Waals surface area contributed by atoms with E-state index < -0.39 is 12.0 Å². The minimum Gasteiger partial charge on any atom is -0.480 e. The van der Waals surface area contributed by atoms with E-state index in [1.165, 1.54) is 5.94 Å². The molecule has 0 radical (unpaired) electrons. The zero-order valence-electron chi connectivity index (χ0n) is 6.62. The quantitative estimate of drug-likeness (QED) is 0.452. The van der Waals surface area contributed by atoms with E-state index in [9.17, 15) is 9.59 Å². The molecule has 0 spiro atoms. The standard InChI is InChI=1S/C8H11NO3/c1-2-3-4-6(5-10)7(9)8(11)12/h2,7H,1,3-4,9H2,(H,11,12). The Morgan fingerprint density at radius 3 is 2.67 bits per heavy atom. The molecule has 0 aliphatic carbocycles. The number of carboxylic acid groups (broad SMARTS) is 1. The molecule has 66 valence electrons. The maximum Gasteiger partial charge on any atom is 0.325 e. The molecule has 3 N–H and O–H groups in total. The van der Waals surface area contributed by atoms with Crippen molar-refractivity contribution in [2.75, 3.05) is 0 Å². The first-order chi connectivity index (χ1) is 5.63. The van der Waals surface area contributed by atoms with Crippen LogP contribution in [0.25, 0.3) is 0 Å². The predicted octanol–water partition coefficient (Wildman–Crippen LogP) is 0.123. The Kier molecular flexibility index (Phi) is 4.69. The summed E-state index contributed by atoms with van der Waals surface area (Å²) in [5.74, 6) is 0.320. The summed E-state index contributed by atoms with van der Waals surface area (Å²) in [7, 11) is 0. The molecule has 0 aliphatic rings. The Hall–Kier alpha value is -1.38. The number of aliphatic carboxylic acids is 1. The highest BCUT2D eigenvalue weighted by molar-refractivity contribution is 5.80. The number of rotatable bonds is 5. The van der Waals surface area contributed by atoms with E-state index in [0.29, 0.717) is 12.8 Å². The first-order valence-electron chi connectivity index (χ1n) is 3.46. The molecule has 0 fully saturated rings. The Balaban J connectivity index is 4.26. The van der Waals surface area contributed by atoms with Crippen LogP contribution in [0.2, 0.25) is 0 Å². The van der Waals surface area contributed by atoms with E-state index in [1.54, 1.807) is 6.08 Å². The second-order valence-corrected chi connectivity index (χ2v) is 2.27. The minimum absolute atomic E-state index is 0.0717. The summed E-state index contributed by atoms with van der Waals surface area (Å²) in [6.45, 7) is 3.44. The third-order valence-corrected chi connectivity index (χ3v) is 1.39. The average Bonchev–Trinajstić information content (AvgIpc) is 2.05. The van der Waals surface area contributed by atoms with Crippen LogP contribution in [0.4, 0.5) is 0 Å². The van der Waals surface area contributed by atoms with Gasteiger partial charge in [0.2, 0.25) is 0 Å². The van der Waals surface area contributed by atoms with Crippen molar-refractivity contribution in [1.82, 2.24) is 0 Å². The maximum atomic E-state index is 10.3. The van der Waals surface area contributed by atoms with Gasteiger partial charge in [-0.1, -0.05) is 6.08 Å². The second-order valence-electron chi connectivity index (χ2n) is 2.27. The number of hydrogen-bond acceptors (Lipinski definition) is 3. The molecule has 0 aromatic carbocycles. The van der Waals surface area contributed by atoms with Crippen molar-refractivity contribution in [1.29, 1.82) is 0 Å². The third kappa shape index (κ3) is 3.14. The van der Waals surface area contributed by atoms with Crippen LogP contribution in [-0.4, -0.2) is 23.1 Å². The summed E-state index contributed by atoms with van der Waals surface area (Å²) in [5.41, 5.74) is 5.25. The van der Waals surface area contributed by atoms with Gasteiger partial charge in [0.1, 0.15) is 12.0 Å². The molecule has 0 heterocycles. The largest absolute Gasteiger partial charge is 0.480 e. The van der Waals surface area contributed by atoms with Gasteiger partial charge in [0.05, 0.1) is 0 Å². The molecule has 0 saturated carbocycles. The molecule has 0 saturated heterocycles. The van der Waals surface area contributed by atoms with Crippen molar-refractivity contribution in [2.45, 2.75) is 18.9 Å². The zero-order valence-corrected chi connectivity index (χ0v) is 6.62. The molecule has 0 bridgehead atoms. The van der Waals surface area contributed by atoms with Crippen molar-refractivity contribution >= 4 is 11.9 Å². The minimum atomic E-state index is -1.23. The van der Waals surface area contributed by atoms with Crippen molar-refractivity contribution in [3.63, 3.8) is 0 Å². The molecular weight excluding hydrogens is 158 g/mol. The van der Waals surface area contributed by atoms with Crippen LogP contribution in [0.3, 0.4) is 0 Å². The van der Waals surface area contributed by atoms with E-state index >= 15 is 0 Å². The normalized spacial score (nSPS) is 11.4. The fraction of sp³-hybridized carbons (Fsp3) is 0.375. The van der Waals surface area contributed by atoms with Crippen LogP contribution in [0.1, 0.15) is 12.8 Å². The van der Waals surface area contributed by atoms with Gasteiger partial charge in [-0.3, -0.25) is 4.79 Å². The molecule has 0 aromatic rings. The van der Waals surface area contributed by atoms with Gasteiger partial charge < -0.3 is 10.8 Å². The smallest absolute Gasteiger partial charge is 0.325 e. The van der Waals surface area contributed by atoms with Gasteiger partial charge in [0.25, 0.3) is 0 Å². The van der Waals surface area contributed by atoms with Gasteiger partial charge >= 0.3 is 5.97 Å². The molecule has 1 atom stereocenters. The summed E-state index contributed by atoms with van der Waals surface area (Å²) in [6, 6.07) is -1.23. The van der Waals surface area contributed by atoms with Gasteiger partial charge in [-0.15, -0.1) is 6.58 Å². The Morgan fingerprint density at radius 2 is 2.33 bits per heavy atom. The summed E-state index contributed by atoms with van der Waals surface area (Å²) >= 11 is 0. The fourth-order valence-electron chi connectivity index (χ4n) is 0.677. The Bertz CT molecular complexity index is 228. The van der Waals surface area contributed by atoms with E-state index in [-0.39, 0.29) is 5.57 Å². The number of carbonyl (C=O) groups excluding carboxylic acids is 1. The summed E-state index contributed by atoms with van der Waals surface area (Å²) in [5, 5.41) is 8.43.